The minimum atomic E-state index is -4.63. The van der Waals surface area contributed by atoms with Gasteiger partial charge in [0.15, 0.2) is 6.10 Å². The van der Waals surface area contributed by atoms with Gasteiger partial charge in [0.25, 0.3) is 7.82 Å². The van der Waals surface area contributed by atoms with E-state index in [0.717, 1.165) is 103 Å². The molecule has 0 rings (SSSR count). The smallest absolute Gasteiger partial charge is 0.306 e. The van der Waals surface area contributed by atoms with E-state index in [-0.39, 0.29) is 26.1 Å². The summed E-state index contributed by atoms with van der Waals surface area (Å²) >= 11 is 0. The number of likely N-dealkylation sites (N-methyl/N-ethyl adjacent to an activating group) is 1. The predicted octanol–water partition coefficient (Wildman–Crippen LogP) is 12.5. The Labute approximate surface area is 366 Å². The highest BCUT2D eigenvalue weighted by Crippen LogP contribution is 2.38. The lowest BCUT2D eigenvalue weighted by Gasteiger charge is -2.28. The Morgan fingerprint density at radius 3 is 1.40 bits per heavy atom. The highest BCUT2D eigenvalue weighted by atomic mass is 31.2. The third-order valence-electron chi connectivity index (χ3n) is 8.81. The highest BCUT2D eigenvalue weighted by Gasteiger charge is 2.21. The summed E-state index contributed by atoms with van der Waals surface area (Å²) in [7, 11) is 1.12. The van der Waals surface area contributed by atoms with Crippen LogP contribution in [0.2, 0.25) is 0 Å². The molecule has 9 nitrogen and oxygen atoms in total. The van der Waals surface area contributed by atoms with Crippen LogP contribution in [-0.4, -0.2) is 70.0 Å². The molecule has 0 aliphatic heterocycles. The molecular formula is C50H82NO8P. The van der Waals surface area contributed by atoms with Crippen molar-refractivity contribution < 1.29 is 42.1 Å². The van der Waals surface area contributed by atoms with Crippen molar-refractivity contribution >= 4 is 19.8 Å². The van der Waals surface area contributed by atoms with Crippen LogP contribution < -0.4 is 4.89 Å². The minimum absolute atomic E-state index is 0.0436. The van der Waals surface area contributed by atoms with Crippen LogP contribution in [0, 0.1) is 0 Å². The minimum Gasteiger partial charge on any atom is -0.756 e. The molecule has 0 radical (unpaired) electrons. The number of unbranched alkanes of at least 4 members (excludes halogenated alkanes) is 7. The number of rotatable bonds is 39. The number of carbonyl (C=O) groups is 2. The number of phosphoric acid groups is 1. The summed E-state index contributed by atoms with van der Waals surface area (Å²) in [6.45, 7) is 3.93. The molecule has 0 bridgehead atoms. The number of allylic oxidation sites excluding steroid dienone is 18. The molecule has 60 heavy (non-hydrogen) atoms. The van der Waals surface area contributed by atoms with Crippen molar-refractivity contribution in [3.05, 3.63) is 109 Å². The van der Waals surface area contributed by atoms with Gasteiger partial charge in [0.2, 0.25) is 0 Å². The fourth-order valence-corrected chi connectivity index (χ4v) is 6.02. The van der Waals surface area contributed by atoms with Gasteiger partial charge in [-0.05, 0) is 83.5 Å². The summed E-state index contributed by atoms with van der Waals surface area (Å²) < 4.78 is 33.6. The first-order valence-electron chi connectivity index (χ1n) is 22.6. The Bertz CT molecular complexity index is 1380. The molecule has 0 spiro atoms. The first-order chi connectivity index (χ1) is 29.0. The molecule has 0 saturated carbocycles. The quantitative estimate of drug-likeness (QED) is 0.0198. The van der Waals surface area contributed by atoms with Gasteiger partial charge >= 0.3 is 11.9 Å². The fraction of sp³-hybridized carbons (Fsp3) is 0.600. The molecule has 0 aliphatic carbocycles. The average molecular weight is 856 g/mol. The van der Waals surface area contributed by atoms with Gasteiger partial charge in [-0.3, -0.25) is 14.2 Å². The Hall–Kier alpha value is -3.33. The van der Waals surface area contributed by atoms with Crippen LogP contribution in [0.1, 0.15) is 142 Å². The van der Waals surface area contributed by atoms with E-state index in [0.29, 0.717) is 23.9 Å². The maximum atomic E-state index is 12.6. The van der Waals surface area contributed by atoms with Crippen LogP contribution in [-0.2, 0) is 32.7 Å². The number of hydrogen-bond donors (Lipinski definition) is 0. The highest BCUT2D eigenvalue weighted by molar-refractivity contribution is 7.45. The third-order valence-corrected chi connectivity index (χ3v) is 9.77. The van der Waals surface area contributed by atoms with Crippen LogP contribution >= 0.6 is 7.82 Å². The van der Waals surface area contributed by atoms with Gasteiger partial charge in [0.1, 0.15) is 19.8 Å². The van der Waals surface area contributed by atoms with Crippen LogP contribution in [0.4, 0.5) is 0 Å². The van der Waals surface area contributed by atoms with Gasteiger partial charge in [-0.25, -0.2) is 0 Å². The van der Waals surface area contributed by atoms with Gasteiger partial charge in [0, 0.05) is 12.8 Å². The zero-order valence-electron chi connectivity index (χ0n) is 38.1. The molecule has 0 aromatic rings. The molecular weight excluding hydrogens is 774 g/mol. The third kappa shape index (κ3) is 44.2. The van der Waals surface area contributed by atoms with Gasteiger partial charge in [-0.15, -0.1) is 0 Å². The average Bonchev–Trinajstić information content (AvgIpc) is 3.20. The Kier molecular flexibility index (Phi) is 38.8. The Morgan fingerprint density at radius 1 is 0.533 bits per heavy atom. The van der Waals surface area contributed by atoms with Crippen molar-refractivity contribution in [1.82, 2.24) is 0 Å². The largest absolute Gasteiger partial charge is 0.756 e. The number of esters is 2. The van der Waals surface area contributed by atoms with Crippen molar-refractivity contribution in [1.29, 1.82) is 0 Å². The van der Waals surface area contributed by atoms with E-state index in [2.05, 4.69) is 123 Å². The van der Waals surface area contributed by atoms with E-state index < -0.39 is 32.5 Å². The summed E-state index contributed by atoms with van der Waals surface area (Å²) in [5, 5.41) is 0. The van der Waals surface area contributed by atoms with E-state index >= 15 is 0 Å². The molecule has 10 heteroatoms. The number of hydrogen-bond acceptors (Lipinski definition) is 8. The van der Waals surface area contributed by atoms with Gasteiger partial charge in [-0.2, -0.15) is 0 Å². The number of nitrogens with zero attached hydrogens (tertiary/aromatic N) is 1. The van der Waals surface area contributed by atoms with E-state index in [1.165, 1.54) is 0 Å². The van der Waals surface area contributed by atoms with Crippen LogP contribution in [0.25, 0.3) is 0 Å². The zero-order chi connectivity index (χ0) is 44.3. The fourth-order valence-electron chi connectivity index (χ4n) is 5.29. The number of phosphoric ester groups is 1. The Morgan fingerprint density at radius 2 is 0.950 bits per heavy atom. The summed E-state index contributed by atoms with van der Waals surface area (Å²) in [6, 6.07) is 0. The molecule has 0 heterocycles. The van der Waals surface area contributed by atoms with E-state index in [9.17, 15) is 19.0 Å². The molecule has 2 unspecified atom stereocenters. The molecule has 2 atom stereocenters. The second kappa shape index (κ2) is 41.0. The molecule has 0 aliphatic rings. The number of ether oxygens (including phenoxy) is 2. The van der Waals surface area contributed by atoms with Crippen molar-refractivity contribution in [2.75, 3.05) is 47.5 Å². The normalized spacial score (nSPS) is 14.6. The van der Waals surface area contributed by atoms with Crippen molar-refractivity contribution in [2.24, 2.45) is 0 Å². The Balaban J connectivity index is 4.20. The SMILES string of the molecule is CC/C=C\C/C=C\C/C=C\C/C=C\C/C=C\C/C=C\C/C=C\C/C=C\C/C=C\CCCCCC(=O)OC(COC(=O)CCCCCCC)COP(=O)([O-])OCC[N+](C)(C)C. The van der Waals surface area contributed by atoms with Crippen molar-refractivity contribution in [2.45, 2.75) is 148 Å². The van der Waals surface area contributed by atoms with Crippen LogP contribution in [0.15, 0.2) is 109 Å². The lowest BCUT2D eigenvalue weighted by atomic mass is 10.1. The van der Waals surface area contributed by atoms with E-state index in [1.54, 1.807) is 0 Å². The van der Waals surface area contributed by atoms with Crippen molar-refractivity contribution in [3.63, 3.8) is 0 Å². The van der Waals surface area contributed by atoms with Crippen molar-refractivity contribution in [3.8, 4) is 0 Å². The molecule has 340 valence electrons. The van der Waals surface area contributed by atoms with Gasteiger partial charge in [0.05, 0.1) is 27.7 Å². The first kappa shape index (κ1) is 56.7. The van der Waals surface area contributed by atoms with Crippen LogP contribution in [0.3, 0.4) is 0 Å². The van der Waals surface area contributed by atoms with E-state index in [1.807, 2.05) is 21.1 Å². The number of quaternary nitrogens is 1. The topological polar surface area (TPSA) is 111 Å². The molecule has 0 N–H and O–H groups in total. The molecule has 0 aromatic carbocycles. The lowest BCUT2D eigenvalue weighted by Crippen LogP contribution is -2.37. The molecule has 0 fully saturated rings. The van der Waals surface area contributed by atoms with Gasteiger partial charge in [-0.1, -0.05) is 155 Å². The molecule has 0 saturated heterocycles. The maximum Gasteiger partial charge on any atom is 0.306 e. The second-order valence-electron chi connectivity index (χ2n) is 15.7. The summed E-state index contributed by atoms with van der Waals surface area (Å²) in [6.07, 6.45) is 56.1. The van der Waals surface area contributed by atoms with E-state index in [4.69, 9.17) is 18.5 Å². The monoisotopic (exact) mass is 856 g/mol. The predicted molar refractivity (Wildman–Crippen MR) is 249 cm³/mol. The number of carbonyl (C=O) groups excluding carboxylic acids is 2. The molecule has 0 amide bonds. The summed E-state index contributed by atoms with van der Waals surface area (Å²) in [5.41, 5.74) is 0. The maximum absolute atomic E-state index is 12.6. The summed E-state index contributed by atoms with van der Waals surface area (Å²) in [4.78, 5) is 37.2. The second-order valence-corrected chi connectivity index (χ2v) is 17.1. The molecule has 0 aromatic heterocycles. The first-order valence-corrected chi connectivity index (χ1v) is 24.1. The summed E-state index contributed by atoms with van der Waals surface area (Å²) in [5.74, 6) is -0.900. The zero-order valence-corrected chi connectivity index (χ0v) is 39.0. The lowest BCUT2D eigenvalue weighted by molar-refractivity contribution is -0.870. The van der Waals surface area contributed by atoms with Gasteiger partial charge < -0.3 is 27.9 Å². The van der Waals surface area contributed by atoms with Crippen LogP contribution in [0.5, 0.6) is 0 Å². The standard InChI is InChI=1S/C50H82NO8P/c1-6-8-10-12-13-14-15-16-17-18-19-20-21-22-23-24-25-26-27-28-29-30-31-32-33-34-35-36-37-39-41-43-50(53)59-48(46-56-49(52)42-40-38-11-9-7-2)47-58-60(54,55)57-45-44-51(3,4)5/h8,10,13-14,16-17,19-20,22-23,25-26,28-29,31-32,34-35,48H,6-7,9,11-12,15,18,21,24,27,30,33,36-47H2,1-5H3/b10-8-,14-13-,17-16-,20-19-,23-22-,26-25-,29-28-,32-31-,35-34-.